The molecule has 0 aliphatic heterocycles. The summed E-state index contributed by atoms with van der Waals surface area (Å²) in [5, 5.41) is 3.88. The summed E-state index contributed by atoms with van der Waals surface area (Å²) in [6.45, 7) is 7.43. The standard InChI is InChI=1S/C14H20N2O2/c1-11(12-8-6-5-7-9-12)10-15-16-13(17)18-14(2,3)4/h5-11H,1-4H3,(H,16,17). The molecule has 0 saturated carbocycles. The van der Waals surface area contributed by atoms with Crippen molar-refractivity contribution in [3.63, 3.8) is 0 Å². The highest BCUT2D eigenvalue weighted by molar-refractivity contribution is 5.72. The van der Waals surface area contributed by atoms with Crippen LogP contribution in [0.5, 0.6) is 0 Å². The normalized spacial score (nSPS) is 13.3. The summed E-state index contributed by atoms with van der Waals surface area (Å²) in [5.41, 5.74) is 2.98. The quantitative estimate of drug-likeness (QED) is 0.659. The van der Waals surface area contributed by atoms with Gasteiger partial charge in [-0.3, -0.25) is 0 Å². The van der Waals surface area contributed by atoms with E-state index in [4.69, 9.17) is 4.74 Å². The highest BCUT2D eigenvalue weighted by atomic mass is 16.6. The summed E-state index contributed by atoms with van der Waals surface area (Å²) in [6, 6.07) is 9.95. The molecule has 0 radical (unpaired) electrons. The summed E-state index contributed by atoms with van der Waals surface area (Å²) in [5.74, 6) is 0.140. The van der Waals surface area contributed by atoms with Crippen molar-refractivity contribution in [2.45, 2.75) is 39.2 Å². The minimum Gasteiger partial charge on any atom is -0.443 e. The number of amides is 1. The second kappa shape index (κ2) is 6.19. The molecule has 0 aliphatic rings. The van der Waals surface area contributed by atoms with Crippen molar-refractivity contribution in [2.75, 3.05) is 0 Å². The van der Waals surface area contributed by atoms with Gasteiger partial charge in [-0.1, -0.05) is 37.3 Å². The van der Waals surface area contributed by atoms with Crippen LogP contribution in [0.3, 0.4) is 0 Å². The Morgan fingerprint density at radius 2 is 1.94 bits per heavy atom. The molecule has 0 spiro atoms. The number of benzene rings is 1. The summed E-state index contributed by atoms with van der Waals surface area (Å²) < 4.78 is 5.06. The average Bonchev–Trinajstić information content (AvgIpc) is 2.27. The Kier molecular flexibility index (Phi) is 4.89. The van der Waals surface area contributed by atoms with Gasteiger partial charge >= 0.3 is 6.09 Å². The van der Waals surface area contributed by atoms with Crippen LogP contribution in [0.2, 0.25) is 0 Å². The number of hydrogen-bond acceptors (Lipinski definition) is 3. The first-order valence-electron chi connectivity index (χ1n) is 5.95. The molecule has 4 heteroatoms. The molecule has 98 valence electrons. The van der Waals surface area contributed by atoms with Crippen molar-refractivity contribution in [2.24, 2.45) is 5.10 Å². The lowest BCUT2D eigenvalue weighted by Crippen LogP contribution is -2.29. The van der Waals surface area contributed by atoms with Gasteiger partial charge in [0.1, 0.15) is 5.60 Å². The smallest absolute Gasteiger partial charge is 0.428 e. The minimum atomic E-state index is -0.543. The van der Waals surface area contributed by atoms with Gasteiger partial charge in [-0.15, -0.1) is 0 Å². The third-order valence-corrected chi connectivity index (χ3v) is 2.18. The van der Waals surface area contributed by atoms with Gasteiger partial charge in [-0.2, -0.15) is 5.10 Å². The van der Waals surface area contributed by atoms with E-state index in [1.807, 2.05) is 58.0 Å². The van der Waals surface area contributed by atoms with E-state index >= 15 is 0 Å². The van der Waals surface area contributed by atoms with Gasteiger partial charge in [0.2, 0.25) is 0 Å². The van der Waals surface area contributed by atoms with Crippen molar-refractivity contribution >= 4 is 12.3 Å². The van der Waals surface area contributed by atoms with Crippen LogP contribution in [0.1, 0.15) is 39.2 Å². The van der Waals surface area contributed by atoms with E-state index in [2.05, 4.69) is 10.5 Å². The van der Waals surface area contributed by atoms with Gasteiger partial charge in [-0.05, 0) is 26.3 Å². The Morgan fingerprint density at radius 3 is 2.50 bits per heavy atom. The molecule has 1 aromatic carbocycles. The van der Waals surface area contributed by atoms with Crippen LogP contribution in [0.15, 0.2) is 35.4 Å². The topological polar surface area (TPSA) is 50.7 Å². The number of nitrogens with zero attached hydrogens (tertiary/aromatic N) is 1. The first-order valence-corrected chi connectivity index (χ1v) is 5.95. The second-order valence-electron chi connectivity index (χ2n) is 5.09. The molecule has 1 unspecified atom stereocenters. The Labute approximate surface area is 108 Å². The number of rotatable bonds is 3. The molecule has 0 heterocycles. The van der Waals surface area contributed by atoms with E-state index in [-0.39, 0.29) is 5.92 Å². The lowest BCUT2D eigenvalue weighted by atomic mass is 10.0. The molecule has 0 saturated heterocycles. The molecule has 0 fully saturated rings. The Balaban J connectivity index is 2.44. The van der Waals surface area contributed by atoms with E-state index in [1.54, 1.807) is 6.21 Å². The van der Waals surface area contributed by atoms with Gasteiger partial charge < -0.3 is 4.74 Å². The van der Waals surface area contributed by atoms with Crippen molar-refractivity contribution in [3.05, 3.63) is 35.9 Å². The summed E-state index contributed by atoms with van der Waals surface area (Å²) in [7, 11) is 0. The zero-order valence-electron chi connectivity index (χ0n) is 11.3. The number of nitrogens with one attached hydrogen (secondary N) is 1. The van der Waals surface area contributed by atoms with Gasteiger partial charge in [0, 0.05) is 12.1 Å². The van der Waals surface area contributed by atoms with Crippen molar-refractivity contribution < 1.29 is 9.53 Å². The van der Waals surface area contributed by atoms with E-state index < -0.39 is 11.7 Å². The van der Waals surface area contributed by atoms with Gasteiger partial charge in [0.15, 0.2) is 0 Å². The number of carbonyl (C=O) groups excluding carboxylic acids is 1. The van der Waals surface area contributed by atoms with E-state index in [0.29, 0.717) is 0 Å². The van der Waals surface area contributed by atoms with Crippen LogP contribution in [-0.2, 0) is 4.74 Å². The van der Waals surface area contributed by atoms with Gasteiger partial charge in [-0.25, -0.2) is 10.2 Å². The fourth-order valence-electron chi connectivity index (χ4n) is 1.35. The Bertz CT molecular complexity index is 408. The number of ether oxygens (including phenoxy) is 1. The zero-order chi connectivity index (χ0) is 13.6. The van der Waals surface area contributed by atoms with Crippen LogP contribution in [0.4, 0.5) is 4.79 Å². The Hall–Kier alpha value is -1.84. The third-order valence-electron chi connectivity index (χ3n) is 2.18. The first kappa shape index (κ1) is 14.2. The molecule has 1 rings (SSSR count). The zero-order valence-corrected chi connectivity index (χ0v) is 11.3. The molecule has 1 amide bonds. The highest BCUT2D eigenvalue weighted by Gasteiger charge is 2.15. The maximum Gasteiger partial charge on any atom is 0.428 e. The fraction of sp³-hybridized carbons (Fsp3) is 0.429. The van der Waals surface area contributed by atoms with Gasteiger partial charge in [0.25, 0.3) is 0 Å². The first-order chi connectivity index (χ1) is 8.38. The summed E-state index contributed by atoms with van der Waals surface area (Å²) in [4.78, 5) is 11.3. The minimum absolute atomic E-state index is 0.140. The molecule has 1 atom stereocenters. The molecule has 4 nitrogen and oxygen atoms in total. The maximum atomic E-state index is 11.3. The molecule has 1 aromatic rings. The summed E-state index contributed by atoms with van der Waals surface area (Å²) >= 11 is 0. The third kappa shape index (κ3) is 5.48. The molecular weight excluding hydrogens is 228 g/mol. The monoisotopic (exact) mass is 248 g/mol. The SMILES string of the molecule is CC(C=NNC(=O)OC(C)(C)C)c1ccccc1. The predicted octanol–water partition coefficient (Wildman–Crippen LogP) is 3.30. The summed E-state index contributed by atoms with van der Waals surface area (Å²) in [6.07, 6.45) is 1.14. The lowest BCUT2D eigenvalue weighted by molar-refractivity contribution is 0.0529. The average molecular weight is 248 g/mol. The van der Waals surface area contributed by atoms with Crippen LogP contribution in [0.25, 0.3) is 0 Å². The second-order valence-corrected chi connectivity index (χ2v) is 5.09. The van der Waals surface area contributed by atoms with Crippen molar-refractivity contribution in [3.8, 4) is 0 Å². The maximum absolute atomic E-state index is 11.3. The molecule has 18 heavy (non-hydrogen) atoms. The van der Waals surface area contributed by atoms with Crippen LogP contribution >= 0.6 is 0 Å². The van der Waals surface area contributed by atoms with Crippen LogP contribution < -0.4 is 5.43 Å². The number of hydrazone groups is 1. The number of carbonyl (C=O) groups is 1. The molecule has 0 bridgehead atoms. The van der Waals surface area contributed by atoms with Crippen LogP contribution in [-0.4, -0.2) is 17.9 Å². The van der Waals surface area contributed by atoms with Crippen molar-refractivity contribution in [1.82, 2.24) is 5.43 Å². The molecule has 0 aromatic heterocycles. The van der Waals surface area contributed by atoms with Gasteiger partial charge in [0.05, 0.1) is 0 Å². The van der Waals surface area contributed by atoms with E-state index in [0.717, 1.165) is 5.56 Å². The molecular formula is C14H20N2O2. The van der Waals surface area contributed by atoms with Crippen molar-refractivity contribution in [1.29, 1.82) is 0 Å². The largest absolute Gasteiger partial charge is 0.443 e. The van der Waals surface area contributed by atoms with E-state index in [9.17, 15) is 4.79 Å². The lowest BCUT2D eigenvalue weighted by Gasteiger charge is -2.18. The number of hydrogen-bond donors (Lipinski definition) is 1. The van der Waals surface area contributed by atoms with E-state index in [1.165, 1.54) is 0 Å². The van der Waals surface area contributed by atoms with Crippen LogP contribution in [0, 0.1) is 0 Å². The molecule has 1 N–H and O–H groups in total. The predicted molar refractivity (Wildman–Crippen MR) is 72.7 cm³/mol. The fourth-order valence-corrected chi connectivity index (χ4v) is 1.35. The highest BCUT2D eigenvalue weighted by Crippen LogP contribution is 2.11. The molecule has 0 aliphatic carbocycles. The Morgan fingerprint density at radius 1 is 1.33 bits per heavy atom.